The van der Waals surface area contributed by atoms with Gasteiger partial charge in [-0.2, -0.15) is 0 Å². The van der Waals surface area contributed by atoms with Gasteiger partial charge in [-0.25, -0.2) is 0 Å². The number of nitro benzene ring substituents is 1. The molecule has 0 radical (unpaired) electrons. The highest BCUT2D eigenvalue weighted by Crippen LogP contribution is 2.31. The third-order valence-electron chi connectivity index (χ3n) is 2.61. The molecule has 0 saturated heterocycles. The number of benzene rings is 1. The van der Waals surface area contributed by atoms with Crippen molar-refractivity contribution in [1.29, 1.82) is 0 Å². The van der Waals surface area contributed by atoms with E-state index in [0.29, 0.717) is 15.8 Å². The number of anilines is 1. The highest BCUT2D eigenvalue weighted by molar-refractivity contribution is 7.14. The Morgan fingerprint density at radius 1 is 1.41 bits per heavy atom. The van der Waals surface area contributed by atoms with Crippen molar-refractivity contribution < 1.29 is 19.2 Å². The van der Waals surface area contributed by atoms with Gasteiger partial charge in [-0.05, 0) is 17.5 Å². The molecule has 0 aliphatic carbocycles. The van der Waals surface area contributed by atoms with Crippen LogP contribution in [0.3, 0.4) is 0 Å². The van der Waals surface area contributed by atoms with Crippen molar-refractivity contribution in [1.82, 2.24) is 0 Å². The predicted molar refractivity (Wildman–Crippen MR) is 83.1 cm³/mol. The number of hydrogen-bond acceptors (Lipinski definition) is 6. The third kappa shape index (κ3) is 3.86. The maximum Gasteiger partial charge on any atom is 0.271 e. The SMILES string of the molecule is COc1ccc([N+](=O)[O-])cc1NC(=O)COc1ccsc1Cl. The molecular formula is C13H11ClN2O5S. The molecule has 1 aromatic heterocycles. The van der Waals surface area contributed by atoms with E-state index >= 15 is 0 Å². The lowest BCUT2D eigenvalue weighted by atomic mass is 10.2. The van der Waals surface area contributed by atoms with Gasteiger partial charge in [0, 0.05) is 12.1 Å². The highest BCUT2D eigenvalue weighted by Gasteiger charge is 2.14. The molecule has 116 valence electrons. The number of thiophene rings is 1. The molecule has 1 amide bonds. The molecule has 0 atom stereocenters. The van der Waals surface area contributed by atoms with Crippen LogP contribution in [0.25, 0.3) is 0 Å². The molecule has 0 unspecified atom stereocenters. The minimum atomic E-state index is -0.559. The van der Waals surface area contributed by atoms with Gasteiger partial charge in [0.1, 0.15) is 15.8 Å². The Bertz CT molecular complexity index is 703. The van der Waals surface area contributed by atoms with E-state index in [-0.39, 0.29) is 18.0 Å². The van der Waals surface area contributed by atoms with E-state index in [9.17, 15) is 14.9 Å². The van der Waals surface area contributed by atoms with Crippen LogP contribution in [-0.4, -0.2) is 24.5 Å². The summed E-state index contributed by atoms with van der Waals surface area (Å²) >= 11 is 7.14. The van der Waals surface area contributed by atoms with E-state index in [4.69, 9.17) is 21.1 Å². The smallest absolute Gasteiger partial charge is 0.271 e. The van der Waals surface area contributed by atoms with E-state index in [2.05, 4.69) is 5.32 Å². The van der Waals surface area contributed by atoms with Crippen molar-refractivity contribution in [2.75, 3.05) is 19.0 Å². The van der Waals surface area contributed by atoms with Crippen LogP contribution >= 0.6 is 22.9 Å². The summed E-state index contributed by atoms with van der Waals surface area (Å²) in [5.41, 5.74) is 0.0413. The molecule has 2 rings (SSSR count). The van der Waals surface area contributed by atoms with Gasteiger partial charge in [-0.3, -0.25) is 14.9 Å². The number of carbonyl (C=O) groups is 1. The molecule has 0 fully saturated rings. The number of nitrogens with zero attached hydrogens (tertiary/aromatic N) is 1. The Balaban J connectivity index is 2.05. The first-order chi connectivity index (χ1) is 10.5. The zero-order valence-electron chi connectivity index (χ0n) is 11.4. The van der Waals surface area contributed by atoms with Crippen LogP contribution in [0.5, 0.6) is 11.5 Å². The number of rotatable bonds is 6. The summed E-state index contributed by atoms with van der Waals surface area (Å²) < 4.78 is 10.8. The topological polar surface area (TPSA) is 90.7 Å². The van der Waals surface area contributed by atoms with Crippen LogP contribution in [0.15, 0.2) is 29.6 Å². The second kappa shape index (κ2) is 7.10. The van der Waals surface area contributed by atoms with Gasteiger partial charge in [0.2, 0.25) is 0 Å². The number of non-ortho nitro benzene ring substituents is 1. The average Bonchev–Trinajstić information content (AvgIpc) is 2.90. The van der Waals surface area contributed by atoms with Gasteiger partial charge in [-0.15, -0.1) is 11.3 Å². The molecule has 0 saturated carbocycles. The van der Waals surface area contributed by atoms with Gasteiger partial charge in [0.25, 0.3) is 11.6 Å². The number of hydrogen-bond donors (Lipinski definition) is 1. The highest BCUT2D eigenvalue weighted by atomic mass is 35.5. The summed E-state index contributed by atoms with van der Waals surface area (Å²) in [5, 5.41) is 15.0. The number of methoxy groups -OCH3 is 1. The second-order valence-electron chi connectivity index (χ2n) is 4.04. The average molecular weight is 343 g/mol. The van der Waals surface area contributed by atoms with Gasteiger partial charge in [0.05, 0.1) is 17.7 Å². The van der Waals surface area contributed by atoms with E-state index < -0.39 is 10.8 Å². The van der Waals surface area contributed by atoms with Crippen LogP contribution in [-0.2, 0) is 4.79 Å². The van der Waals surface area contributed by atoms with Crippen molar-refractivity contribution in [3.05, 3.63) is 44.1 Å². The fraction of sp³-hybridized carbons (Fsp3) is 0.154. The Hall–Kier alpha value is -2.32. The number of amides is 1. The first-order valence-corrected chi connectivity index (χ1v) is 7.25. The van der Waals surface area contributed by atoms with Crippen LogP contribution in [0, 0.1) is 10.1 Å². The molecule has 9 heteroatoms. The Labute approximate surface area is 134 Å². The largest absolute Gasteiger partial charge is 0.495 e. The second-order valence-corrected chi connectivity index (χ2v) is 5.56. The number of ether oxygens (including phenoxy) is 2. The molecule has 0 spiro atoms. The lowest BCUT2D eigenvalue weighted by Crippen LogP contribution is -2.20. The summed E-state index contributed by atoms with van der Waals surface area (Å²) in [7, 11) is 1.40. The van der Waals surface area contributed by atoms with Crippen molar-refractivity contribution in [2.45, 2.75) is 0 Å². The normalized spacial score (nSPS) is 10.1. The number of carbonyl (C=O) groups excluding carboxylic acids is 1. The fourth-order valence-electron chi connectivity index (χ4n) is 1.62. The molecule has 0 bridgehead atoms. The van der Waals surface area contributed by atoms with E-state index in [0.717, 1.165) is 0 Å². The van der Waals surface area contributed by atoms with E-state index in [1.54, 1.807) is 11.4 Å². The molecule has 7 nitrogen and oxygen atoms in total. The third-order valence-corrected chi connectivity index (χ3v) is 3.75. The predicted octanol–water partition coefficient (Wildman–Crippen LogP) is 3.34. The lowest BCUT2D eigenvalue weighted by molar-refractivity contribution is -0.384. The fourth-order valence-corrected chi connectivity index (χ4v) is 2.45. The summed E-state index contributed by atoms with van der Waals surface area (Å²) in [6, 6.07) is 5.56. The minimum Gasteiger partial charge on any atom is -0.495 e. The quantitative estimate of drug-likeness (QED) is 0.642. The van der Waals surface area contributed by atoms with E-state index in [1.807, 2.05) is 0 Å². The van der Waals surface area contributed by atoms with Crippen molar-refractivity contribution in [2.24, 2.45) is 0 Å². The number of nitro groups is 1. The Morgan fingerprint density at radius 2 is 2.18 bits per heavy atom. The van der Waals surface area contributed by atoms with Crippen LogP contribution in [0.4, 0.5) is 11.4 Å². The summed E-state index contributed by atoms with van der Waals surface area (Å²) in [5.74, 6) is 0.237. The molecule has 1 aromatic carbocycles. The van der Waals surface area contributed by atoms with Gasteiger partial charge >= 0.3 is 0 Å². The summed E-state index contributed by atoms with van der Waals surface area (Å²) in [6.45, 7) is -0.275. The maximum atomic E-state index is 11.9. The van der Waals surface area contributed by atoms with Crippen molar-refractivity contribution in [3.8, 4) is 11.5 Å². The molecule has 1 N–H and O–H groups in total. The van der Waals surface area contributed by atoms with Crippen LogP contribution in [0.2, 0.25) is 4.34 Å². The van der Waals surface area contributed by atoms with Gasteiger partial charge in [0.15, 0.2) is 6.61 Å². The first-order valence-electron chi connectivity index (χ1n) is 5.99. The molecule has 0 aliphatic heterocycles. The van der Waals surface area contributed by atoms with Gasteiger partial charge < -0.3 is 14.8 Å². The lowest BCUT2D eigenvalue weighted by Gasteiger charge is -2.10. The van der Waals surface area contributed by atoms with Crippen LogP contribution in [0.1, 0.15) is 0 Å². The zero-order valence-corrected chi connectivity index (χ0v) is 12.9. The Morgan fingerprint density at radius 3 is 2.77 bits per heavy atom. The number of nitrogens with one attached hydrogen (secondary N) is 1. The van der Waals surface area contributed by atoms with Gasteiger partial charge in [-0.1, -0.05) is 11.6 Å². The number of halogens is 1. The molecular weight excluding hydrogens is 332 g/mol. The Kier molecular flexibility index (Phi) is 5.18. The van der Waals surface area contributed by atoms with Crippen molar-refractivity contribution in [3.63, 3.8) is 0 Å². The standard InChI is InChI=1S/C13H11ClN2O5S/c1-20-10-3-2-8(16(18)19)6-9(10)15-12(17)7-21-11-4-5-22-13(11)14/h2-6H,7H2,1H3,(H,15,17). The van der Waals surface area contributed by atoms with Crippen LogP contribution < -0.4 is 14.8 Å². The summed E-state index contributed by atoms with van der Waals surface area (Å²) in [6.07, 6.45) is 0. The maximum absolute atomic E-state index is 11.9. The molecule has 1 heterocycles. The van der Waals surface area contributed by atoms with E-state index in [1.165, 1.54) is 36.6 Å². The molecule has 0 aliphatic rings. The first kappa shape index (κ1) is 16.1. The van der Waals surface area contributed by atoms with Crippen molar-refractivity contribution >= 4 is 40.2 Å². The molecule has 22 heavy (non-hydrogen) atoms. The monoisotopic (exact) mass is 342 g/mol. The molecule has 2 aromatic rings. The minimum absolute atomic E-state index is 0.155. The zero-order chi connectivity index (χ0) is 16.1. The summed E-state index contributed by atoms with van der Waals surface area (Å²) in [4.78, 5) is 22.1.